The Morgan fingerprint density at radius 3 is 2.70 bits per heavy atom. The van der Waals surface area contributed by atoms with E-state index in [1.54, 1.807) is 18.2 Å². The molecule has 2 rings (SSSR count). The molecule has 0 bridgehead atoms. The molecule has 0 spiro atoms. The molecule has 0 aliphatic carbocycles. The Balaban J connectivity index is 2.21. The molecule has 1 N–H and O–H groups in total. The van der Waals surface area contributed by atoms with Crippen molar-refractivity contribution in [1.82, 2.24) is 4.98 Å². The number of nitro groups is 1. The second kappa shape index (κ2) is 5.79. The van der Waals surface area contributed by atoms with Crippen LogP contribution >= 0.6 is 11.6 Å². The zero-order chi connectivity index (χ0) is 14.7. The van der Waals surface area contributed by atoms with Crippen LogP contribution in [-0.4, -0.2) is 9.91 Å². The van der Waals surface area contributed by atoms with Gasteiger partial charge in [0.25, 0.3) is 0 Å². The second-order valence-electron chi connectivity index (χ2n) is 3.85. The fraction of sp³-hybridized carbons (Fsp3) is 0.0833. The van der Waals surface area contributed by atoms with Crippen LogP contribution in [0.25, 0.3) is 0 Å². The van der Waals surface area contributed by atoms with Gasteiger partial charge in [0.05, 0.1) is 4.92 Å². The molecule has 0 saturated heterocycles. The Labute approximate surface area is 117 Å². The van der Waals surface area contributed by atoms with Crippen LogP contribution in [0.4, 0.5) is 20.3 Å². The molecule has 1 heterocycles. The molecule has 0 atom stereocenters. The van der Waals surface area contributed by atoms with Gasteiger partial charge in [-0.1, -0.05) is 17.7 Å². The predicted molar refractivity (Wildman–Crippen MR) is 69.6 cm³/mol. The monoisotopic (exact) mass is 299 g/mol. The molecule has 0 saturated carbocycles. The van der Waals surface area contributed by atoms with Gasteiger partial charge >= 0.3 is 5.69 Å². The lowest BCUT2D eigenvalue weighted by Crippen LogP contribution is -2.05. The molecule has 1 aromatic heterocycles. The number of nitrogens with one attached hydrogen (secondary N) is 1. The van der Waals surface area contributed by atoms with Crippen molar-refractivity contribution in [3.05, 3.63) is 62.8 Å². The summed E-state index contributed by atoms with van der Waals surface area (Å²) in [7, 11) is 0. The van der Waals surface area contributed by atoms with E-state index in [1.807, 2.05) is 0 Å². The number of benzene rings is 1. The maximum Gasteiger partial charge on any atom is 0.305 e. The zero-order valence-corrected chi connectivity index (χ0v) is 10.7. The molecule has 0 fully saturated rings. The first kappa shape index (κ1) is 14.1. The lowest BCUT2D eigenvalue weighted by atomic mass is 10.2. The lowest BCUT2D eigenvalue weighted by molar-refractivity contribution is -0.387. The van der Waals surface area contributed by atoms with Crippen LogP contribution in [-0.2, 0) is 6.54 Å². The maximum absolute atomic E-state index is 13.5. The summed E-state index contributed by atoms with van der Waals surface area (Å²) >= 11 is 5.68. The Morgan fingerprint density at radius 2 is 2.05 bits per heavy atom. The van der Waals surface area contributed by atoms with E-state index in [-0.39, 0.29) is 17.3 Å². The Hall–Kier alpha value is -2.28. The summed E-state index contributed by atoms with van der Waals surface area (Å²) in [5, 5.41) is 13.6. The van der Waals surface area contributed by atoms with Crippen molar-refractivity contribution in [1.29, 1.82) is 0 Å². The SMILES string of the molecule is O=[N+]([O-])c1cc(CNc2cccc(Cl)n2)c(F)cc1F. The maximum atomic E-state index is 13.5. The standard InChI is InChI=1S/C12H8ClF2N3O2/c13-11-2-1-3-12(17-11)16-6-7-4-10(18(19)20)9(15)5-8(7)14/h1-5H,6H2,(H,16,17). The van der Waals surface area contributed by atoms with E-state index in [1.165, 1.54) is 0 Å². The lowest BCUT2D eigenvalue weighted by Gasteiger charge is -2.07. The fourth-order valence-corrected chi connectivity index (χ4v) is 1.71. The highest BCUT2D eigenvalue weighted by Crippen LogP contribution is 2.22. The van der Waals surface area contributed by atoms with E-state index in [2.05, 4.69) is 10.3 Å². The largest absolute Gasteiger partial charge is 0.366 e. The molecule has 5 nitrogen and oxygen atoms in total. The van der Waals surface area contributed by atoms with Crippen LogP contribution in [0.1, 0.15) is 5.56 Å². The molecule has 0 unspecified atom stereocenters. The summed E-state index contributed by atoms with van der Waals surface area (Å²) in [6.07, 6.45) is 0. The minimum Gasteiger partial charge on any atom is -0.366 e. The molecule has 0 radical (unpaired) electrons. The van der Waals surface area contributed by atoms with Gasteiger partial charge in [-0.3, -0.25) is 10.1 Å². The van der Waals surface area contributed by atoms with E-state index in [0.717, 1.165) is 6.07 Å². The fourth-order valence-electron chi connectivity index (χ4n) is 1.55. The Kier molecular flexibility index (Phi) is 4.09. The van der Waals surface area contributed by atoms with Crippen molar-refractivity contribution in [2.75, 3.05) is 5.32 Å². The van der Waals surface area contributed by atoms with Gasteiger partial charge in [-0.25, -0.2) is 9.37 Å². The minimum atomic E-state index is -1.21. The number of hydrogen-bond donors (Lipinski definition) is 1. The van der Waals surface area contributed by atoms with Crippen molar-refractivity contribution in [2.45, 2.75) is 6.54 Å². The smallest absolute Gasteiger partial charge is 0.305 e. The third-order valence-corrected chi connectivity index (χ3v) is 2.70. The highest BCUT2D eigenvalue weighted by Gasteiger charge is 2.18. The molecule has 1 aromatic carbocycles. The number of nitro benzene ring substituents is 1. The Morgan fingerprint density at radius 1 is 1.30 bits per heavy atom. The van der Waals surface area contributed by atoms with Crippen molar-refractivity contribution >= 4 is 23.1 Å². The van der Waals surface area contributed by atoms with E-state index in [0.29, 0.717) is 11.9 Å². The van der Waals surface area contributed by atoms with Crippen molar-refractivity contribution in [3.8, 4) is 0 Å². The zero-order valence-electron chi connectivity index (χ0n) is 9.94. The summed E-state index contributed by atoms with van der Waals surface area (Å²) < 4.78 is 26.7. The summed E-state index contributed by atoms with van der Waals surface area (Å²) in [4.78, 5) is 13.6. The van der Waals surface area contributed by atoms with Gasteiger partial charge in [0, 0.05) is 24.2 Å². The van der Waals surface area contributed by atoms with Crippen molar-refractivity contribution in [2.24, 2.45) is 0 Å². The number of aromatic nitrogens is 1. The minimum absolute atomic E-state index is 0.0418. The third kappa shape index (κ3) is 3.18. The highest BCUT2D eigenvalue weighted by atomic mass is 35.5. The van der Waals surface area contributed by atoms with Crippen LogP contribution < -0.4 is 5.32 Å². The molecule has 0 aliphatic rings. The van der Waals surface area contributed by atoms with E-state index in [9.17, 15) is 18.9 Å². The molecule has 104 valence electrons. The quantitative estimate of drug-likeness (QED) is 0.533. The molecule has 2 aromatic rings. The molecule has 0 aliphatic heterocycles. The number of rotatable bonds is 4. The van der Waals surface area contributed by atoms with Gasteiger partial charge in [0.15, 0.2) is 0 Å². The van der Waals surface area contributed by atoms with Crippen LogP contribution in [0.5, 0.6) is 0 Å². The first-order valence-electron chi connectivity index (χ1n) is 5.46. The van der Waals surface area contributed by atoms with Gasteiger partial charge in [-0.2, -0.15) is 4.39 Å². The highest BCUT2D eigenvalue weighted by molar-refractivity contribution is 6.29. The topological polar surface area (TPSA) is 68.1 Å². The second-order valence-corrected chi connectivity index (χ2v) is 4.24. The first-order valence-corrected chi connectivity index (χ1v) is 5.84. The molecular formula is C12H8ClF2N3O2. The summed E-state index contributed by atoms with van der Waals surface area (Å²) in [6, 6.07) is 6.14. The molecule has 0 amide bonds. The Bertz CT molecular complexity index is 667. The van der Waals surface area contributed by atoms with E-state index in [4.69, 9.17) is 11.6 Å². The van der Waals surface area contributed by atoms with Gasteiger partial charge in [0.1, 0.15) is 16.8 Å². The average Bonchev–Trinajstić information content (AvgIpc) is 2.37. The third-order valence-electron chi connectivity index (χ3n) is 2.49. The van der Waals surface area contributed by atoms with E-state index < -0.39 is 22.2 Å². The van der Waals surface area contributed by atoms with Gasteiger partial charge < -0.3 is 5.32 Å². The molecule has 8 heteroatoms. The van der Waals surface area contributed by atoms with E-state index >= 15 is 0 Å². The molecular weight excluding hydrogens is 292 g/mol. The average molecular weight is 300 g/mol. The number of pyridine rings is 1. The van der Waals surface area contributed by atoms with Crippen molar-refractivity contribution < 1.29 is 13.7 Å². The number of hydrogen-bond acceptors (Lipinski definition) is 4. The summed E-state index contributed by atoms with van der Waals surface area (Å²) in [5.74, 6) is -1.70. The van der Waals surface area contributed by atoms with Gasteiger partial charge in [-0.05, 0) is 12.1 Å². The van der Waals surface area contributed by atoms with Crippen molar-refractivity contribution in [3.63, 3.8) is 0 Å². The summed E-state index contributed by atoms with van der Waals surface area (Å²) in [6.45, 7) is -0.0830. The van der Waals surface area contributed by atoms with Gasteiger partial charge in [0.2, 0.25) is 5.82 Å². The first-order chi connectivity index (χ1) is 9.47. The van der Waals surface area contributed by atoms with Gasteiger partial charge in [-0.15, -0.1) is 0 Å². The van der Waals surface area contributed by atoms with Crippen LogP contribution in [0.2, 0.25) is 5.15 Å². The normalized spacial score (nSPS) is 10.3. The number of nitrogens with zero attached hydrogens (tertiary/aromatic N) is 2. The number of halogens is 3. The predicted octanol–water partition coefficient (Wildman–Crippen LogP) is 3.53. The molecule has 20 heavy (non-hydrogen) atoms. The van der Waals surface area contributed by atoms with Crippen LogP contribution in [0.15, 0.2) is 30.3 Å². The van der Waals surface area contributed by atoms with Crippen LogP contribution in [0.3, 0.4) is 0 Å². The van der Waals surface area contributed by atoms with Crippen LogP contribution in [0, 0.1) is 21.7 Å². The number of anilines is 1. The summed E-state index contributed by atoms with van der Waals surface area (Å²) in [5.41, 5.74) is -0.817.